The molecule has 0 spiro atoms. The normalized spacial score (nSPS) is 12.3. The molecule has 0 aliphatic heterocycles. The Morgan fingerprint density at radius 3 is 2.76 bits per heavy atom. The molecule has 0 saturated heterocycles. The number of thiophene rings is 1. The maximum absolute atomic E-state index is 6.21. The number of nitrogens with one attached hydrogen (secondary N) is 1. The van der Waals surface area contributed by atoms with E-state index in [1.54, 1.807) is 17.1 Å². The summed E-state index contributed by atoms with van der Waals surface area (Å²) in [5, 5.41) is 11.3. The van der Waals surface area contributed by atoms with Gasteiger partial charge < -0.3 is 5.32 Å². The fourth-order valence-electron chi connectivity index (χ4n) is 2.09. The van der Waals surface area contributed by atoms with Crippen LogP contribution in [0.5, 0.6) is 0 Å². The number of halogens is 2. The van der Waals surface area contributed by atoms with Gasteiger partial charge in [0.2, 0.25) is 0 Å². The Morgan fingerprint density at radius 2 is 2.10 bits per heavy atom. The third kappa shape index (κ3) is 3.05. The van der Waals surface area contributed by atoms with Gasteiger partial charge in [0, 0.05) is 5.56 Å². The summed E-state index contributed by atoms with van der Waals surface area (Å²) in [4.78, 5) is 0. The van der Waals surface area contributed by atoms with E-state index >= 15 is 0 Å². The van der Waals surface area contributed by atoms with Crippen LogP contribution in [0.1, 0.15) is 18.5 Å². The number of hydrogen-bond acceptors (Lipinski definition) is 4. The first-order valence-corrected chi connectivity index (χ1v) is 7.89. The van der Waals surface area contributed by atoms with Crippen molar-refractivity contribution in [3.8, 4) is 5.69 Å². The molecule has 3 rings (SSSR count). The van der Waals surface area contributed by atoms with Crippen LogP contribution in [-0.4, -0.2) is 15.0 Å². The van der Waals surface area contributed by atoms with Crippen LogP contribution in [0.3, 0.4) is 0 Å². The average Bonchev–Trinajstić information content (AvgIpc) is 3.09. The summed E-state index contributed by atoms with van der Waals surface area (Å²) in [5.74, 6) is 0. The molecule has 1 N–H and O–H groups in total. The molecule has 0 amide bonds. The predicted octanol–water partition coefficient (Wildman–Crippen LogP) is 4.81. The van der Waals surface area contributed by atoms with Gasteiger partial charge in [0.1, 0.15) is 0 Å². The third-order valence-electron chi connectivity index (χ3n) is 3.09. The van der Waals surface area contributed by atoms with E-state index in [1.165, 1.54) is 11.3 Å². The number of para-hydroxylation sites is 2. The second-order valence-electron chi connectivity index (χ2n) is 4.51. The van der Waals surface area contributed by atoms with Crippen molar-refractivity contribution in [2.24, 2.45) is 0 Å². The molecule has 0 bridgehead atoms. The Labute approximate surface area is 136 Å². The standard InChI is InChI=1S/C14H12Cl2N4S/c1-9(10-8-13(15)21-14(10)16)18-11-4-2-3-5-12(11)20-7-6-17-19-20/h2-9,18H,1H3. The maximum Gasteiger partial charge on any atom is 0.0996 e. The van der Waals surface area contributed by atoms with Gasteiger partial charge >= 0.3 is 0 Å². The van der Waals surface area contributed by atoms with Gasteiger partial charge in [-0.1, -0.05) is 40.5 Å². The molecule has 0 aliphatic carbocycles. The SMILES string of the molecule is CC(Nc1ccccc1-n1ccnn1)c1cc(Cl)sc1Cl. The number of hydrogen-bond donors (Lipinski definition) is 1. The first kappa shape index (κ1) is 14.4. The first-order chi connectivity index (χ1) is 10.1. The zero-order chi connectivity index (χ0) is 14.8. The molecule has 7 heteroatoms. The van der Waals surface area contributed by atoms with Crippen molar-refractivity contribution in [3.05, 3.63) is 57.0 Å². The molecule has 2 aromatic heterocycles. The van der Waals surface area contributed by atoms with Crippen molar-refractivity contribution in [2.45, 2.75) is 13.0 Å². The number of aromatic nitrogens is 3. The highest BCUT2D eigenvalue weighted by Gasteiger charge is 2.15. The molecule has 4 nitrogen and oxygen atoms in total. The molecule has 0 radical (unpaired) electrons. The largest absolute Gasteiger partial charge is 0.377 e. The number of nitrogens with zero attached hydrogens (tertiary/aromatic N) is 3. The molecule has 2 heterocycles. The fraction of sp³-hybridized carbons (Fsp3) is 0.143. The first-order valence-electron chi connectivity index (χ1n) is 6.32. The fourth-order valence-corrected chi connectivity index (χ4v) is 3.74. The van der Waals surface area contributed by atoms with Gasteiger partial charge in [-0.25, -0.2) is 4.68 Å². The Balaban J connectivity index is 1.90. The van der Waals surface area contributed by atoms with Crippen molar-refractivity contribution in [1.82, 2.24) is 15.0 Å². The van der Waals surface area contributed by atoms with Gasteiger partial charge in [-0.05, 0) is 25.1 Å². The lowest BCUT2D eigenvalue weighted by molar-refractivity contribution is 0.798. The van der Waals surface area contributed by atoms with Crippen LogP contribution in [0.25, 0.3) is 5.69 Å². The van der Waals surface area contributed by atoms with Crippen LogP contribution in [0.2, 0.25) is 8.67 Å². The van der Waals surface area contributed by atoms with Gasteiger partial charge in [-0.2, -0.15) is 0 Å². The number of rotatable bonds is 4. The van der Waals surface area contributed by atoms with E-state index in [4.69, 9.17) is 23.2 Å². The summed E-state index contributed by atoms with van der Waals surface area (Å²) in [7, 11) is 0. The van der Waals surface area contributed by atoms with Crippen LogP contribution in [0.4, 0.5) is 5.69 Å². The molecular formula is C14H12Cl2N4S. The van der Waals surface area contributed by atoms with Crippen molar-refractivity contribution >= 4 is 40.2 Å². The highest BCUT2D eigenvalue weighted by Crippen LogP contribution is 2.36. The van der Waals surface area contributed by atoms with Gasteiger partial charge in [0.05, 0.1) is 38.5 Å². The molecule has 0 fully saturated rings. The molecule has 108 valence electrons. The highest BCUT2D eigenvalue weighted by atomic mass is 35.5. The quantitative estimate of drug-likeness (QED) is 0.742. The van der Waals surface area contributed by atoms with E-state index in [0.717, 1.165) is 16.9 Å². The predicted molar refractivity (Wildman–Crippen MR) is 87.7 cm³/mol. The molecule has 1 aromatic carbocycles. The van der Waals surface area contributed by atoms with Gasteiger partial charge in [0.25, 0.3) is 0 Å². The Hall–Kier alpha value is -1.56. The summed E-state index contributed by atoms with van der Waals surface area (Å²) in [5.41, 5.74) is 2.87. The van der Waals surface area contributed by atoms with E-state index in [2.05, 4.69) is 15.6 Å². The van der Waals surface area contributed by atoms with Crippen molar-refractivity contribution in [2.75, 3.05) is 5.32 Å². The van der Waals surface area contributed by atoms with Gasteiger partial charge in [-0.3, -0.25) is 0 Å². The van der Waals surface area contributed by atoms with Crippen LogP contribution >= 0.6 is 34.5 Å². The second-order valence-corrected chi connectivity index (χ2v) is 6.80. The van der Waals surface area contributed by atoms with E-state index in [0.29, 0.717) is 8.67 Å². The minimum Gasteiger partial charge on any atom is -0.377 e. The summed E-state index contributed by atoms with van der Waals surface area (Å²) >= 11 is 13.6. The Morgan fingerprint density at radius 1 is 1.29 bits per heavy atom. The molecule has 21 heavy (non-hydrogen) atoms. The summed E-state index contributed by atoms with van der Waals surface area (Å²) < 4.78 is 3.11. The topological polar surface area (TPSA) is 42.7 Å². The summed E-state index contributed by atoms with van der Waals surface area (Å²) in [6.07, 6.45) is 3.45. The average molecular weight is 339 g/mol. The molecule has 1 unspecified atom stereocenters. The zero-order valence-electron chi connectivity index (χ0n) is 11.1. The van der Waals surface area contributed by atoms with E-state index in [-0.39, 0.29) is 6.04 Å². The van der Waals surface area contributed by atoms with Crippen LogP contribution in [-0.2, 0) is 0 Å². The van der Waals surface area contributed by atoms with Gasteiger partial charge in [-0.15, -0.1) is 16.4 Å². The monoisotopic (exact) mass is 338 g/mol. The van der Waals surface area contributed by atoms with E-state index in [9.17, 15) is 0 Å². The van der Waals surface area contributed by atoms with Crippen LogP contribution in [0, 0.1) is 0 Å². The minimum absolute atomic E-state index is 0.0333. The number of benzene rings is 1. The van der Waals surface area contributed by atoms with E-state index < -0.39 is 0 Å². The molecule has 0 saturated carbocycles. The lowest BCUT2D eigenvalue weighted by Gasteiger charge is -2.17. The van der Waals surface area contributed by atoms with Crippen LogP contribution < -0.4 is 5.32 Å². The molecule has 0 aliphatic rings. The molecular weight excluding hydrogens is 327 g/mol. The lowest BCUT2D eigenvalue weighted by atomic mass is 10.1. The maximum atomic E-state index is 6.21. The second kappa shape index (κ2) is 6.05. The summed E-state index contributed by atoms with van der Waals surface area (Å²) in [6.45, 7) is 2.04. The van der Waals surface area contributed by atoms with E-state index in [1.807, 2.05) is 37.3 Å². The summed E-state index contributed by atoms with van der Waals surface area (Å²) in [6, 6.07) is 9.83. The van der Waals surface area contributed by atoms with Crippen LogP contribution in [0.15, 0.2) is 42.7 Å². The molecule has 3 aromatic rings. The van der Waals surface area contributed by atoms with Crippen molar-refractivity contribution in [3.63, 3.8) is 0 Å². The zero-order valence-corrected chi connectivity index (χ0v) is 13.5. The minimum atomic E-state index is 0.0333. The third-order valence-corrected chi connectivity index (χ3v) is 4.61. The highest BCUT2D eigenvalue weighted by molar-refractivity contribution is 7.20. The number of anilines is 1. The smallest absolute Gasteiger partial charge is 0.0996 e. The van der Waals surface area contributed by atoms with Gasteiger partial charge in [0.15, 0.2) is 0 Å². The molecule has 1 atom stereocenters. The lowest BCUT2D eigenvalue weighted by Crippen LogP contribution is -2.09. The van der Waals surface area contributed by atoms with Crippen molar-refractivity contribution < 1.29 is 0 Å². The Kier molecular flexibility index (Phi) is 4.14. The van der Waals surface area contributed by atoms with Crippen molar-refractivity contribution in [1.29, 1.82) is 0 Å². The Bertz CT molecular complexity index is 739.